The van der Waals surface area contributed by atoms with Gasteiger partial charge in [-0.1, -0.05) is 48.2 Å². The van der Waals surface area contributed by atoms with Gasteiger partial charge in [0.2, 0.25) is 5.91 Å². The fourth-order valence-corrected chi connectivity index (χ4v) is 4.26. The molecule has 2 N–H and O–H groups in total. The van der Waals surface area contributed by atoms with Gasteiger partial charge < -0.3 is 15.5 Å². The standard InChI is InChI=1S/C19H23N3O2S/c1-22-15-8-5-9-16(23)19(15)25-18(22)10-11-21-17(24)13-20-12-14-6-3-2-4-7-14/h2-8,18,20H,9-13H2,1H3,(H,21,24). The van der Waals surface area contributed by atoms with Crippen molar-refractivity contribution in [3.63, 3.8) is 0 Å². The molecule has 1 aromatic rings. The fourth-order valence-electron chi connectivity index (χ4n) is 2.93. The molecule has 3 rings (SSSR count). The van der Waals surface area contributed by atoms with E-state index in [1.54, 1.807) is 11.8 Å². The van der Waals surface area contributed by atoms with Crippen molar-refractivity contribution in [3.05, 3.63) is 58.6 Å². The number of carbonyl (C=O) groups excluding carboxylic acids is 2. The molecular formula is C19H23N3O2S. The van der Waals surface area contributed by atoms with E-state index < -0.39 is 0 Å². The number of benzene rings is 1. The van der Waals surface area contributed by atoms with Crippen molar-refractivity contribution in [2.45, 2.75) is 24.8 Å². The monoisotopic (exact) mass is 357 g/mol. The molecule has 0 radical (unpaired) electrons. The highest BCUT2D eigenvalue weighted by molar-refractivity contribution is 8.04. The van der Waals surface area contributed by atoms with Gasteiger partial charge in [0, 0.05) is 26.6 Å². The van der Waals surface area contributed by atoms with Gasteiger partial charge in [-0.3, -0.25) is 9.59 Å². The second-order valence-electron chi connectivity index (χ2n) is 6.16. The van der Waals surface area contributed by atoms with Crippen LogP contribution in [0.1, 0.15) is 18.4 Å². The lowest BCUT2D eigenvalue weighted by Crippen LogP contribution is -2.36. The number of Topliss-reactive ketones (excluding diaryl/α,β-unsaturated/α-hetero) is 1. The number of hydrogen-bond donors (Lipinski definition) is 2. The Kier molecular flexibility index (Phi) is 5.94. The van der Waals surface area contributed by atoms with Crippen LogP contribution in [0.3, 0.4) is 0 Å². The average molecular weight is 357 g/mol. The van der Waals surface area contributed by atoms with E-state index in [1.807, 2.05) is 49.5 Å². The Labute approximate surface area is 152 Å². The van der Waals surface area contributed by atoms with Crippen LogP contribution in [-0.2, 0) is 16.1 Å². The maximum absolute atomic E-state index is 11.9. The van der Waals surface area contributed by atoms with Crippen LogP contribution in [0.5, 0.6) is 0 Å². The van der Waals surface area contributed by atoms with Gasteiger partial charge in [-0.25, -0.2) is 0 Å². The van der Waals surface area contributed by atoms with Crippen LogP contribution in [0.4, 0.5) is 0 Å². The molecule has 132 valence electrons. The zero-order valence-electron chi connectivity index (χ0n) is 14.3. The van der Waals surface area contributed by atoms with E-state index >= 15 is 0 Å². The molecule has 5 nitrogen and oxygen atoms in total. The summed E-state index contributed by atoms with van der Waals surface area (Å²) >= 11 is 1.62. The SMILES string of the molecule is CN1C2=C(SC1CCNC(=O)CNCc1ccccc1)C(=O)CC=C2. The minimum absolute atomic E-state index is 0.00437. The lowest BCUT2D eigenvalue weighted by atomic mass is 10.1. The highest BCUT2D eigenvalue weighted by atomic mass is 32.2. The second kappa shape index (κ2) is 8.36. The number of nitrogens with one attached hydrogen (secondary N) is 2. The van der Waals surface area contributed by atoms with Crippen molar-refractivity contribution in [3.8, 4) is 0 Å². The predicted octanol–water partition coefficient (Wildman–Crippen LogP) is 2.03. The van der Waals surface area contributed by atoms with E-state index in [-0.39, 0.29) is 17.1 Å². The molecule has 25 heavy (non-hydrogen) atoms. The van der Waals surface area contributed by atoms with Gasteiger partial charge in [0.15, 0.2) is 5.78 Å². The van der Waals surface area contributed by atoms with Crippen molar-refractivity contribution in [2.24, 2.45) is 0 Å². The third-order valence-electron chi connectivity index (χ3n) is 4.30. The quantitative estimate of drug-likeness (QED) is 0.782. The number of nitrogens with zero attached hydrogens (tertiary/aromatic N) is 1. The topological polar surface area (TPSA) is 61.4 Å². The molecule has 1 amide bonds. The largest absolute Gasteiger partial charge is 0.361 e. The van der Waals surface area contributed by atoms with Gasteiger partial charge in [-0.15, -0.1) is 0 Å². The number of thioether (sulfide) groups is 1. The summed E-state index contributed by atoms with van der Waals surface area (Å²) in [6.07, 6.45) is 5.24. The molecule has 1 unspecified atom stereocenters. The second-order valence-corrected chi connectivity index (χ2v) is 7.34. The number of allylic oxidation sites excluding steroid dienone is 3. The molecule has 1 heterocycles. The number of ketones is 1. The number of amides is 1. The molecule has 0 saturated carbocycles. The van der Waals surface area contributed by atoms with Crippen molar-refractivity contribution in [1.82, 2.24) is 15.5 Å². The summed E-state index contributed by atoms with van der Waals surface area (Å²) in [5.74, 6) is 0.196. The molecule has 0 fully saturated rings. The average Bonchev–Trinajstić information content (AvgIpc) is 2.94. The van der Waals surface area contributed by atoms with Crippen LogP contribution in [0.15, 0.2) is 53.1 Å². The van der Waals surface area contributed by atoms with Crippen molar-refractivity contribution in [1.29, 1.82) is 0 Å². The molecule has 1 aliphatic heterocycles. The Morgan fingerprint density at radius 1 is 1.32 bits per heavy atom. The van der Waals surface area contributed by atoms with Crippen LogP contribution in [0.25, 0.3) is 0 Å². The number of likely N-dealkylation sites (N-methyl/N-ethyl adjacent to an activating group) is 1. The fraction of sp³-hybridized carbons (Fsp3) is 0.368. The first-order chi connectivity index (χ1) is 12.1. The zero-order valence-corrected chi connectivity index (χ0v) is 15.1. The van der Waals surface area contributed by atoms with Gasteiger partial charge in [-0.05, 0) is 18.1 Å². The summed E-state index contributed by atoms with van der Waals surface area (Å²) in [4.78, 5) is 26.9. The summed E-state index contributed by atoms with van der Waals surface area (Å²) in [5.41, 5.74) is 2.18. The Balaban J connectivity index is 1.35. The minimum Gasteiger partial charge on any atom is -0.361 e. The Morgan fingerprint density at radius 3 is 2.88 bits per heavy atom. The zero-order chi connectivity index (χ0) is 17.6. The van der Waals surface area contributed by atoms with E-state index in [9.17, 15) is 9.59 Å². The molecule has 2 aliphatic rings. The molecule has 6 heteroatoms. The van der Waals surface area contributed by atoms with Crippen molar-refractivity contribution in [2.75, 3.05) is 20.1 Å². The van der Waals surface area contributed by atoms with Gasteiger partial charge in [0.05, 0.1) is 22.5 Å². The third kappa shape index (κ3) is 4.52. The highest BCUT2D eigenvalue weighted by Crippen LogP contribution is 2.41. The van der Waals surface area contributed by atoms with Crippen LogP contribution in [0.2, 0.25) is 0 Å². The summed E-state index contributed by atoms with van der Waals surface area (Å²) in [6, 6.07) is 10.0. The first-order valence-corrected chi connectivity index (χ1v) is 9.38. The Bertz CT molecular complexity index is 700. The minimum atomic E-state index is -0.00437. The maximum atomic E-state index is 11.9. The van der Waals surface area contributed by atoms with Crippen LogP contribution in [-0.4, -0.2) is 42.1 Å². The van der Waals surface area contributed by atoms with E-state index in [0.717, 1.165) is 22.6 Å². The summed E-state index contributed by atoms with van der Waals surface area (Å²) in [7, 11) is 2.01. The van der Waals surface area contributed by atoms with Gasteiger partial charge in [0.25, 0.3) is 0 Å². The van der Waals surface area contributed by atoms with E-state index in [0.29, 0.717) is 26.1 Å². The highest BCUT2D eigenvalue weighted by Gasteiger charge is 2.33. The lowest BCUT2D eigenvalue weighted by molar-refractivity contribution is -0.120. The van der Waals surface area contributed by atoms with Crippen LogP contribution < -0.4 is 10.6 Å². The smallest absolute Gasteiger partial charge is 0.233 e. The molecule has 0 aromatic heterocycles. The Morgan fingerprint density at radius 2 is 2.12 bits per heavy atom. The molecular weight excluding hydrogens is 334 g/mol. The van der Waals surface area contributed by atoms with Crippen LogP contribution in [0, 0.1) is 0 Å². The summed E-state index contributed by atoms with van der Waals surface area (Å²) in [6.45, 7) is 1.59. The third-order valence-corrected chi connectivity index (χ3v) is 5.80. The maximum Gasteiger partial charge on any atom is 0.233 e. The molecule has 0 spiro atoms. The molecule has 1 aromatic carbocycles. The van der Waals surface area contributed by atoms with Gasteiger partial charge in [0.1, 0.15) is 0 Å². The van der Waals surface area contributed by atoms with E-state index in [1.165, 1.54) is 0 Å². The predicted molar refractivity (Wildman–Crippen MR) is 101 cm³/mol. The molecule has 1 atom stereocenters. The van der Waals surface area contributed by atoms with Crippen molar-refractivity contribution < 1.29 is 9.59 Å². The first-order valence-electron chi connectivity index (χ1n) is 8.50. The summed E-state index contributed by atoms with van der Waals surface area (Å²) in [5, 5.41) is 6.29. The normalized spacial score (nSPS) is 19.3. The van der Waals surface area contributed by atoms with E-state index in [4.69, 9.17) is 0 Å². The van der Waals surface area contributed by atoms with E-state index in [2.05, 4.69) is 15.5 Å². The molecule has 0 saturated heterocycles. The summed E-state index contributed by atoms with van der Waals surface area (Å²) < 4.78 is 0. The molecule has 1 aliphatic carbocycles. The lowest BCUT2D eigenvalue weighted by Gasteiger charge is -2.23. The van der Waals surface area contributed by atoms with Crippen LogP contribution >= 0.6 is 11.8 Å². The Hall–Kier alpha value is -2.05. The number of carbonyl (C=O) groups is 2. The molecule has 0 bridgehead atoms. The van der Waals surface area contributed by atoms with Gasteiger partial charge >= 0.3 is 0 Å². The van der Waals surface area contributed by atoms with Gasteiger partial charge in [-0.2, -0.15) is 0 Å². The number of hydrogen-bond acceptors (Lipinski definition) is 5. The first kappa shape index (κ1) is 17.8. The van der Waals surface area contributed by atoms with Crippen molar-refractivity contribution >= 4 is 23.5 Å². The number of rotatable bonds is 7.